The summed E-state index contributed by atoms with van der Waals surface area (Å²) in [6.07, 6.45) is 7.30. The molecule has 0 spiro atoms. The van der Waals surface area contributed by atoms with E-state index in [0.29, 0.717) is 23.2 Å². The summed E-state index contributed by atoms with van der Waals surface area (Å²) in [5.74, 6) is 0.259. The van der Waals surface area contributed by atoms with E-state index in [1.54, 1.807) is 12.1 Å². The van der Waals surface area contributed by atoms with Crippen molar-refractivity contribution < 1.29 is 13.9 Å². The van der Waals surface area contributed by atoms with Crippen LogP contribution in [0.2, 0.25) is 0 Å². The summed E-state index contributed by atoms with van der Waals surface area (Å²) in [5.41, 5.74) is 0.628. The van der Waals surface area contributed by atoms with Crippen molar-refractivity contribution >= 4 is 11.0 Å². The quantitative estimate of drug-likeness (QED) is 0.660. The molecule has 0 saturated carbocycles. The number of aliphatic hydroxyl groups excluding tert-OH is 1. The maximum Gasteiger partial charge on any atom is 0.134 e. The Kier molecular flexibility index (Phi) is 5.60. The lowest BCUT2D eigenvalue weighted by molar-refractivity contribution is 0.139. The van der Waals surface area contributed by atoms with Gasteiger partial charge < -0.3 is 9.52 Å². The van der Waals surface area contributed by atoms with Gasteiger partial charge in [-0.3, -0.25) is 0 Å². The third kappa shape index (κ3) is 4.07. The van der Waals surface area contributed by atoms with Crippen LogP contribution in [0.3, 0.4) is 0 Å². The molecule has 0 saturated heterocycles. The first-order valence-electron chi connectivity index (χ1n) is 7.57. The number of rotatable bonds is 8. The van der Waals surface area contributed by atoms with E-state index >= 15 is 0 Å². The van der Waals surface area contributed by atoms with Gasteiger partial charge in [0.2, 0.25) is 0 Å². The van der Waals surface area contributed by atoms with Gasteiger partial charge in [0.1, 0.15) is 23.3 Å². The van der Waals surface area contributed by atoms with Crippen LogP contribution in [0.25, 0.3) is 11.0 Å². The Morgan fingerprint density at radius 3 is 2.65 bits per heavy atom. The van der Waals surface area contributed by atoms with Crippen molar-refractivity contribution in [1.29, 1.82) is 0 Å². The summed E-state index contributed by atoms with van der Waals surface area (Å²) in [5, 5.41) is 10.8. The lowest BCUT2D eigenvalue weighted by Gasteiger charge is -2.07. The Balaban J connectivity index is 1.83. The predicted octanol–water partition coefficient (Wildman–Crippen LogP) is 5.36. The van der Waals surface area contributed by atoms with Gasteiger partial charge in [0.05, 0.1) is 0 Å². The topological polar surface area (TPSA) is 33.4 Å². The minimum Gasteiger partial charge on any atom is -0.458 e. The van der Waals surface area contributed by atoms with Gasteiger partial charge in [-0.2, -0.15) is 0 Å². The Hall–Kier alpha value is -1.35. The molecule has 0 amide bonds. The minimum absolute atomic E-state index is 0.282. The van der Waals surface area contributed by atoms with Crippen molar-refractivity contribution in [2.24, 2.45) is 0 Å². The molecule has 0 aliphatic heterocycles. The zero-order valence-corrected chi connectivity index (χ0v) is 12.1. The average Bonchev–Trinajstić information content (AvgIpc) is 2.85. The van der Waals surface area contributed by atoms with E-state index in [-0.39, 0.29) is 5.82 Å². The second kappa shape index (κ2) is 7.44. The molecule has 1 N–H and O–H groups in total. The highest BCUT2D eigenvalue weighted by Crippen LogP contribution is 2.27. The number of unbranched alkanes of at least 4 members (excludes halogenated alkanes) is 5. The van der Waals surface area contributed by atoms with Crippen molar-refractivity contribution in [2.75, 3.05) is 0 Å². The monoisotopic (exact) mass is 278 g/mol. The standard InChI is InChI=1S/C17H23FO2/c1-2-3-4-5-6-7-8-15(19)17-12-13-11-14(18)9-10-16(13)20-17/h9-12,15,19H,2-8H2,1H3. The molecule has 3 heteroatoms. The molecular formula is C17H23FO2. The van der Waals surface area contributed by atoms with Crippen LogP contribution in [0.5, 0.6) is 0 Å². The summed E-state index contributed by atoms with van der Waals surface area (Å²) >= 11 is 0. The molecule has 0 aliphatic rings. The fourth-order valence-corrected chi connectivity index (χ4v) is 2.46. The van der Waals surface area contributed by atoms with E-state index in [9.17, 15) is 9.50 Å². The van der Waals surface area contributed by atoms with E-state index in [2.05, 4.69) is 6.92 Å². The van der Waals surface area contributed by atoms with Gasteiger partial charge in [-0.25, -0.2) is 4.39 Å². The second-order valence-corrected chi connectivity index (χ2v) is 5.40. The van der Waals surface area contributed by atoms with E-state index in [4.69, 9.17) is 4.42 Å². The molecule has 0 aliphatic carbocycles. The molecule has 2 aromatic rings. The molecule has 1 heterocycles. The summed E-state index contributed by atoms with van der Waals surface area (Å²) in [6.45, 7) is 2.20. The smallest absolute Gasteiger partial charge is 0.134 e. The van der Waals surface area contributed by atoms with Gasteiger partial charge in [0.25, 0.3) is 0 Å². The highest BCUT2D eigenvalue weighted by Gasteiger charge is 2.13. The normalized spacial score (nSPS) is 12.9. The number of hydrogen-bond acceptors (Lipinski definition) is 2. The Bertz CT molecular complexity index is 533. The van der Waals surface area contributed by atoms with Gasteiger partial charge in [-0.1, -0.05) is 45.4 Å². The van der Waals surface area contributed by atoms with Crippen molar-refractivity contribution in [3.8, 4) is 0 Å². The molecule has 2 nitrogen and oxygen atoms in total. The van der Waals surface area contributed by atoms with Crippen LogP contribution in [-0.4, -0.2) is 5.11 Å². The number of benzene rings is 1. The highest BCUT2D eigenvalue weighted by molar-refractivity contribution is 5.77. The first kappa shape index (κ1) is 15.0. The largest absolute Gasteiger partial charge is 0.458 e. The second-order valence-electron chi connectivity index (χ2n) is 5.40. The van der Waals surface area contributed by atoms with Gasteiger partial charge in [0, 0.05) is 5.39 Å². The van der Waals surface area contributed by atoms with Crippen LogP contribution in [-0.2, 0) is 0 Å². The predicted molar refractivity (Wildman–Crippen MR) is 79.1 cm³/mol. The fraction of sp³-hybridized carbons (Fsp3) is 0.529. The number of hydrogen-bond donors (Lipinski definition) is 1. The van der Waals surface area contributed by atoms with E-state index in [0.717, 1.165) is 12.8 Å². The molecule has 1 aromatic heterocycles. The molecule has 1 unspecified atom stereocenters. The SMILES string of the molecule is CCCCCCCCC(O)c1cc2cc(F)ccc2o1. The van der Waals surface area contributed by atoms with Gasteiger partial charge in [0.15, 0.2) is 0 Å². The molecule has 1 atom stereocenters. The van der Waals surface area contributed by atoms with Crippen LogP contribution in [0, 0.1) is 5.82 Å². The van der Waals surface area contributed by atoms with Crippen LogP contribution in [0.1, 0.15) is 63.7 Å². The maximum absolute atomic E-state index is 13.1. The van der Waals surface area contributed by atoms with Gasteiger partial charge in [-0.15, -0.1) is 0 Å². The van der Waals surface area contributed by atoms with E-state index in [1.165, 1.54) is 37.8 Å². The highest BCUT2D eigenvalue weighted by atomic mass is 19.1. The Morgan fingerprint density at radius 2 is 1.85 bits per heavy atom. The average molecular weight is 278 g/mol. The van der Waals surface area contributed by atoms with Gasteiger partial charge >= 0.3 is 0 Å². The lowest BCUT2D eigenvalue weighted by atomic mass is 10.1. The Morgan fingerprint density at radius 1 is 1.10 bits per heavy atom. The molecular weight excluding hydrogens is 255 g/mol. The number of furan rings is 1. The van der Waals surface area contributed by atoms with Crippen molar-refractivity contribution in [3.63, 3.8) is 0 Å². The summed E-state index contributed by atoms with van der Waals surface area (Å²) in [7, 11) is 0. The van der Waals surface area contributed by atoms with Crippen molar-refractivity contribution in [3.05, 3.63) is 35.8 Å². The third-order valence-electron chi connectivity index (χ3n) is 3.66. The lowest BCUT2D eigenvalue weighted by Crippen LogP contribution is -1.95. The molecule has 1 aromatic carbocycles. The molecule has 20 heavy (non-hydrogen) atoms. The number of aliphatic hydroxyl groups is 1. The zero-order chi connectivity index (χ0) is 14.4. The summed E-state index contributed by atoms with van der Waals surface area (Å²) in [6, 6.07) is 6.14. The van der Waals surface area contributed by atoms with Crippen LogP contribution in [0.4, 0.5) is 4.39 Å². The van der Waals surface area contributed by atoms with Crippen LogP contribution in [0.15, 0.2) is 28.7 Å². The number of halogens is 1. The fourth-order valence-electron chi connectivity index (χ4n) is 2.46. The van der Waals surface area contributed by atoms with Gasteiger partial charge in [-0.05, 0) is 30.7 Å². The molecule has 110 valence electrons. The molecule has 0 radical (unpaired) electrons. The first-order valence-corrected chi connectivity index (χ1v) is 7.57. The van der Waals surface area contributed by atoms with E-state index < -0.39 is 6.10 Å². The third-order valence-corrected chi connectivity index (χ3v) is 3.66. The first-order chi connectivity index (χ1) is 9.70. The van der Waals surface area contributed by atoms with Crippen molar-refractivity contribution in [1.82, 2.24) is 0 Å². The maximum atomic E-state index is 13.1. The molecule has 0 bridgehead atoms. The van der Waals surface area contributed by atoms with E-state index in [1.807, 2.05) is 0 Å². The molecule has 2 rings (SSSR count). The van der Waals surface area contributed by atoms with Crippen LogP contribution < -0.4 is 0 Å². The zero-order valence-electron chi connectivity index (χ0n) is 12.1. The molecule has 0 fully saturated rings. The number of fused-ring (bicyclic) bond motifs is 1. The van der Waals surface area contributed by atoms with Crippen LogP contribution >= 0.6 is 0 Å². The summed E-state index contributed by atoms with van der Waals surface area (Å²) in [4.78, 5) is 0. The minimum atomic E-state index is -0.586. The van der Waals surface area contributed by atoms with Crippen molar-refractivity contribution in [2.45, 2.75) is 58.0 Å². The summed E-state index contributed by atoms with van der Waals surface area (Å²) < 4.78 is 18.7. The Labute approximate surface area is 119 Å².